The molecule has 1 aromatic rings. The van der Waals surface area contributed by atoms with E-state index in [1.54, 1.807) is 31.2 Å². The summed E-state index contributed by atoms with van der Waals surface area (Å²) < 4.78 is 5.59. The summed E-state index contributed by atoms with van der Waals surface area (Å²) >= 11 is 0. The lowest BCUT2D eigenvalue weighted by molar-refractivity contribution is -0.721. The number of hydrazone groups is 1. The van der Waals surface area contributed by atoms with E-state index in [4.69, 9.17) is 9.57 Å². The van der Waals surface area contributed by atoms with Crippen LogP contribution in [0.3, 0.4) is 0 Å². The smallest absolute Gasteiger partial charge is 0.297 e. The molecule has 1 saturated heterocycles. The largest absolute Gasteiger partial charge is 0.594 e. The van der Waals surface area contributed by atoms with E-state index in [2.05, 4.69) is 6.92 Å². The van der Waals surface area contributed by atoms with Gasteiger partial charge in [-0.15, -0.1) is 0 Å². The van der Waals surface area contributed by atoms with E-state index >= 15 is 0 Å². The molecule has 2 atom stereocenters. The van der Waals surface area contributed by atoms with Crippen molar-refractivity contribution in [3.63, 3.8) is 0 Å². The van der Waals surface area contributed by atoms with Crippen LogP contribution in [-0.2, 0) is 14.4 Å². The number of hydrazine groups is 1. The van der Waals surface area contributed by atoms with Crippen LogP contribution < -0.4 is 0 Å². The predicted octanol–water partition coefficient (Wildman–Crippen LogP) is 2.02. The Hall–Kier alpha value is -1.92. The quantitative estimate of drug-likeness (QED) is 0.473. The van der Waals surface area contributed by atoms with Crippen molar-refractivity contribution in [1.29, 1.82) is 0 Å². The van der Waals surface area contributed by atoms with Gasteiger partial charge in [0, 0.05) is 13.0 Å². The topological polar surface area (TPSA) is 64.8 Å². The fourth-order valence-corrected chi connectivity index (χ4v) is 2.81. The van der Waals surface area contributed by atoms with Crippen LogP contribution in [0, 0.1) is 5.21 Å². The van der Waals surface area contributed by atoms with E-state index in [0.717, 1.165) is 18.0 Å². The van der Waals surface area contributed by atoms with Crippen molar-refractivity contribution < 1.29 is 19.2 Å². The molecule has 6 nitrogen and oxygen atoms in total. The van der Waals surface area contributed by atoms with Crippen LogP contribution in [0.1, 0.15) is 38.7 Å². The van der Waals surface area contributed by atoms with Crippen molar-refractivity contribution in [3.05, 3.63) is 41.1 Å². The van der Waals surface area contributed by atoms with Gasteiger partial charge in [0.05, 0.1) is 5.56 Å². The average Bonchev–Trinajstić information content (AvgIpc) is 2.94. The number of hydrogen-bond donors (Lipinski definition) is 0. The summed E-state index contributed by atoms with van der Waals surface area (Å²) in [5, 5.41) is 13.6. The molecule has 2 aliphatic heterocycles. The number of rotatable bonds is 5. The van der Waals surface area contributed by atoms with Gasteiger partial charge in [0.1, 0.15) is 0 Å². The number of nitrogens with zero attached hydrogens (tertiary/aromatic N) is 2. The van der Waals surface area contributed by atoms with Gasteiger partial charge >= 0.3 is 0 Å². The van der Waals surface area contributed by atoms with Crippen molar-refractivity contribution in [2.24, 2.45) is 0 Å². The molecule has 0 spiro atoms. The highest BCUT2D eigenvalue weighted by molar-refractivity contribution is 6.47. The zero-order valence-electron chi connectivity index (χ0n) is 12.8. The number of ether oxygens (including phenoxy) is 1. The molecule has 118 valence electrons. The first-order chi connectivity index (χ1) is 10.6. The summed E-state index contributed by atoms with van der Waals surface area (Å²) in [6.45, 7) is 4.36. The fourth-order valence-electron chi connectivity index (χ4n) is 2.81. The van der Waals surface area contributed by atoms with E-state index in [1.807, 2.05) is 6.07 Å². The first-order valence-corrected chi connectivity index (χ1v) is 7.61. The van der Waals surface area contributed by atoms with E-state index in [1.165, 1.54) is 0 Å². The second-order valence-corrected chi connectivity index (χ2v) is 5.83. The highest BCUT2D eigenvalue weighted by Crippen LogP contribution is 2.38. The van der Waals surface area contributed by atoms with Crippen molar-refractivity contribution in [3.8, 4) is 0 Å². The zero-order valence-corrected chi connectivity index (χ0v) is 12.8. The van der Waals surface area contributed by atoms with Crippen LogP contribution in [-0.4, -0.2) is 40.0 Å². The molecule has 1 fully saturated rings. The monoisotopic (exact) mass is 304 g/mol. The zero-order chi connectivity index (χ0) is 15.7. The van der Waals surface area contributed by atoms with Gasteiger partial charge in [0.2, 0.25) is 0 Å². The Morgan fingerprint density at radius 3 is 2.82 bits per heavy atom. The normalized spacial score (nSPS) is 27.6. The van der Waals surface area contributed by atoms with Gasteiger partial charge in [0.15, 0.2) is 11.8 Å². The van der Waals surface area contributed by atoms with Gasteiger partial charge < -0.3 is 9.94 Å². The van der Waals surface area contributed by atoms with Crippen LogP contribution in [0.25, 0.3) is 0 Å². The third-order valence-corrected chi connectivity index (χ3v) is 4.11. The molecule has 1 aromatic carbocycles. The molecule has 3 rings (SSSR count). The predicted molar refractivity (Wildman–Crippen MR) is 79.8 cm³/mol. The van der Waals surface area contributed by atoms with Gasteiger partial charge in [-0.3, -0.25) is 4.79 Å². The number of benzene rings is 1. The summed E-state index contributed by atoms with van der Waals surface area (Å²) in [4.78, 5) is 18.8. The van der Waals surface area contributed by atoms with Crippen molar-refractivity contribution in [1.82, 2.24) is 5.17 Å². The lowest BCUT2D eigenvalue weighted by Crippen LogP contribution is -2.43. The second kappa shape index (κ2) is 5.70. The molecule has 0 radical (unpaired) electrons. The van der Waals surface area contributed by atoms with E-state index in [9.17, 15) is 10.0 Å². The van der Waals surface area contributed by atoms with Crippen molar-refractivity contribution in [2.75, 3.05) is 6.61 Å². The maximum Gasteiger partial charge on any atom is 0.297 e. The SMILES string of the molecule is CCCCO[C@@H]1C[C@@]2(C)C(=O)C(c3ccccc3)=[N+]([O-])N2O1. The molecule has 2 aliphatic rings. The molecule has 0 unspecified atom stereocenters. The molecular weight excluding hydrogens is 284 g/mol. The molecule has 2 heterocycles. The second-order valence-electron chi connectivity index (χ2n) is 5.83. The number of hydrogen-bond acceptors (Lipinski definition) is 5. The maximum absolute atomic E-state index is 12.7. The number of carbonyl (C=O) groups is 1. The Morgan fingerprint density at radius 2 is 2.18 bits per heavy atom. The van der Waals surface area contributed by atoms with E-state index < -0.39 is 11.8 Å². The molecule has 0 bridgehead atoms. The highest BCUT2D eigenvalue weighted by atomic mass is 16.9. The Labute approximate surface area is 129 Å². The van der Waals surface area contributed by atoms with Crippen LogP contribution in [0.2, 0.25) is 0 Å². The Kier molecular flexibility index (Phi) is 3.88. The van der Waals surface area contributed by atoms with Gasteiger partial charge in [0.25, 0.3) is 11.5 Å². The number of fused-ring (bicyclic) bond motifs is 1. The number of ketones is 1. The Balaban J connectivity index is 1.83. The molecule has 6 heteroatoms. The minimum atomic E-state index is -0.996. The molecular formula is C16H20N2O4. The molecule has 0 amide bonds. The van der Waals surface area contributed by atoms with Gasteiger partial charge in [-0.05, 0) is 35.5 Å². The lowest BCUT2D eigenvalue weighted by atomic mass is 9.89. The molecule has 0 aliphatic carbocycles. The number of carbonyl (C=O) groups excluding carboxylic acids is 1. The van der Waals surface area contributed by atoms with Crippen LogP contribution in [0.5, 0.6) is 0 Å². The van der Waals surface area contributed by atoms with Crippen molar-refractivity contribution >= 4 is 11.5 Å². The summed E-state index contributed by atoms with van der Waals surface area (Å²) in [7, 11) is 0. The molecule has 0 aromatic heterocycles. The van der Waals surface area contributed by atoms with Crippen LogP contribution in [0.4, 0.5) is 0 Å². The van der Waals surface area contributed by atoms with E-state index in [0.29, 0.717) is 23.4 Å². The number of unbranched alkanes of at least 4 members (excludes halogenated alkanes) is 1. The number of Topliss-reactive ketones (excluding diaryl/α,β-unsaturated/α-hetero) is 1. The third-order valence-electron chi connectivity index (χ3n) is 4.11. The summed E-state index contributed by atoms with van der Waals surface area (Å²) in [6, 6.07) is 8.94. The van der Waals surface area contributed by atoms with Gasteiger partial charge in [-0.25, -0.2) is 0 Å². The Bertz CT molecular complexity index is 601. The van der Waals surface area contributed by atoms with Crippen LogP contribution in [0.15, 0.2) is 30.3 Å². The minimum absolute atomic E-state index is 0.120. The fraction of sp³-hybridized carbons (Fsp3) is 0.500. The summed E-state index contributed by atoms with van der Waals surface area (Å²) in [5.41, 5.74) is -0.274. The summed E-state index contributed by atoms with van der Waals surface area (Å²) in [6.07, 6.45) is 1.75. The van der Waals surface area contributed by atoms with Crippen molar-refractivity contribution in [2.45, 2.75) is 44.9 Å². The lowest BCUT2D eigenvalue weighted by Gasteiger charge is -2.18. The first-order valence-electron chi connectivity index (χ1n) is 7.61. The molecule has 0 saturated carbocycles. The average molecular weight is 304 g/mol. The van der Waals surface area contributed by atoms with Crippen LogP contribution >= 0.6 is 0 Å². The first kappa shape index (κ1) is 15.0. The highest BCUT2D eigenvalue weighted by Gasteiger charge is 2.63. The number of hydroxylamine groups is 1. The van der Waals surface area contributed by atoms with Gasteiger partial charge in [-0.1, -0.05) is 31.5 Å². The maximum atomic E-state index is 12.7. The molecule has 22 heavy (non-hydrogen) atoms. The molecule has 0 N–H and O–H groups in total. The van der Waals surface area contributed by atoms with Gasteiger partial charge in [-0.2, -0.15) is 4.84 Å². The van der Waals surface area contributed by atoms with E-state index in [-0.39, 0.29) is 11.5 Å². The third kappa shape index (κ3) is 2.28. The minimum Gasteiger partial charge on any atom is -0.594 e. The standard InChI is InChI=1S/C16H20N2O4/c1-3-4-10-21-13-11-16(2)15(19)14(17(20)18(16)22-13)12-8-6-5-7-9-12/h5-9,13H,3-4,10-11H2,1-2H3/t13-,16-/m0/s1. The summed E-state index contributed by atoms with van der Waals surface area (Å²) in [5.74, 6) is -0.227. The Morgan fingerprint density at radius 1 is 1.45 bits per heavy atom.